The number of esters is 1. The molecule has 0 radical (unpaired) electrons. The van der Waals surface area contributed by atoms with Gasteiger partial charge in [-0.1, -0.05) is 6.07 Å². The molecule has 0 bridgehead atoms. The van der Waals surface area contributed by atoms with Crippen LogP contribution in [-0.4, -0.2) is 24.3 Å². The topological polar surface area (TPSA) is 55.8 Å². The van der Waals surface area contributed by atoms with Gasteiger partial charge in [0.05, 0.1) is 11.1 Å². The van der Waals surface area contributed by atoms with E-state index >= 15 is 0 Å². The number of halogens is 1. The van der Waals surface area contributed by atoms with Crippen molar-refractivity contribution in [3.8, 4) is 11.5 Å². The summed E-state index contributed by atoms with van der Waals surface area (Å²) in [5, 5.41) is 11.3. The van der Waals surface area contributed by atoms with Gasteiger partial charge in [-0.25, -0.2) is 4.79 Å². The number of carbonyl (C=O) groups is 1. The van der Waals surface area contributed by atoms with Crippen LogP contribution in [0.3, 0.4) is 0 Å². The minimum Gasteiger partial charge on any atom is -0.508 e. The van der Waals surface area contributed by atoms with Crippen LogP contribution in [0, 0.1) is 0 Å². The molecule has 0 heterocycles. The summed E-state index contributed by atoms with van der Waals surface area (Å²) in [5.41, 5.74) is 0. The van der Waals surface area contributed by atoms with E-state index in [1.807, 2.05) is 18.2 Å². The normalized spacial score (nSPS) is 11.0. The van der Waals surface area contributed by atoms with Crippen molar-refractivity contribution in [3.05, 3.63) is 47.0 Å². The molecule has 2 aromatic rings. The molecule has 0 amide bonds. The number of hydrogen-bond donors (Lipinski definition) is 1. The number of carbonyl (C=O) groups excluding carboxylic acids is 1. The summed E-state index contributed by atoms with van der Waals surface area (Å²) in [6, 6.07) is 8.88. The third kappa shape index (κ3) is 4.23. The maximum atomic E-state index is 11.1. The highest BCUT2D eigenvalue weighted by molar-refractivity contribution is 9.10. The zero-order valence-corrected chi connectivity index (χ0v) is 13.1. The van der Waals surface area contributed by atoms with Gasteiger partial charge in [0.2, 0.25) is 0 Å². The number of aromatic hydroxyl groups is 1. The first-order valence-electron chi connectivity index (χ1n) is 6.48. The van der Waals surface area contributed by atoms with Crippen molar-refractivity contribution in [1.82, 2.24) is 0 Å². The average Bonchev–Trinajstić information content (AvgIpc) is 2.44. The highest BCUT2D eigenvalue weighted by Gasteiger charge is 2.04. The number of benzene rings is 2. The Labute approximate surface area is 131 Å². The Morgan fingerprint density at radius 2 is 2.10 bits per heavy atom. The van der Waals surface area contributed by atoms with Crippen molar-refractivity contribution in [1.29, 1.82) is 0 Å². The van der Waals surface area contributed by atoms with Gasteiger partial charge in [0.25, 0.3) is 0 Å². The van der Waals surface area contributed by atoms with E-state index in [9.17, 15) is 9.90 Å². The number of phenols is 1. The number of fused-ring (bicyclic) bond motifs is 1. The number of rotatable bonds is 5. The van der Waals surface area contributed by atoms with Gasteiger partial charge in [-0.3, -0.25) is 0 Å². The highest BCUT2D eigenvalue weighted by Crippen LogP contribution is 2.32. The highest BCUT2D eigenvalue weighted by atomic mass is 79.9. The van der Waals surface area contributed by atoms with Crippen LogP contribution in [0.5, 0.6) is 11.5 Å². The Morgan fingerprint density at radius 1 is 1.29 bits per heavy atom. The van der Waals surface area contributed by atoms with E-state index in [2.05, 4.69) is 15.9 Å². The second-order valence-corrected chi connectivity index (χ2v) is 5.13. The predicted molar refractivity (Wildman–Crippen MR) is 84.6 cm³/mol. The third-order valence-electron chi connectivity index (χ3n) is 2.75. The molecule has 0 aliphatic rings. The van der Waals surface area contributed by atoms with Crippen LogP contribution in [0.15, 0.2) is 47.0 Å². The van der Waals surface area contributed by atoms with Crippen LogP contribution in [0.25, 0.3) is 10.8 Å². The minimum absolute atomic E-state index is 0.223. The number of phenolic OH excluding ortho intramolecular Hbond substituents is 1. The fourth-order valence-electron chi connectivity index (χ4n) is 1.82. The van der Waals surface area contributed by atoms with Gasteiger partial charge >= 0.3 is 5.97 Å². The van der Waals surface area contributed by atoms with Crippen LogP contribution in [0.2, 0.25) is 0 Å². The summed E-state index contributed by atoms with van der Waals surface area (Å²) in [4.78, 5) is 11.1. The Morgan fingerprint density at radius 3 is 2.86 bits per heavy atom. The number of hydrogen-bond acceptors (Lipinski definition) is 4. The smallest absolute Gasteiger partial charge is 0.330 e. The summed E-state index contributed by atoms with van der Waals surface area (Å²) in [6.45, 7) is 2.38. The van der Waals surface area contributed by atoms with Crippen LogP contribution in [-0.2, 0) is 9.53 Å². The molecular weight excluding hydrogens is 336 g/mol. The molecule has 2 aromatic carbocycles. The Bertz CT molecular complexity index is 679. The maximum absolute atomic E-state index is 11.1. The molecular formula is C16H15BrO4. The Balaban J connectivity index is 2.07. The van der Waals surface area contributed by atoms with E-state index in [1.54, 1.807) is 25.1 Å². The monoisotopic (exact) mass is 350 g/mol. The predicted octanol–water partition coefficient (Wildman–Crippen LogP) is 3.81. The van der Waals surface area contributed by atoms with Gasteiger partial charge in [0.1, 0.15) is 18.1 Å². The first kappa shape index (κ1) is 15.4. The Kier molecular flexibility index (Phi) is 5.22. The van der Waals surface area contributed by atoms with Crippen molar-refractivity contribution in [2.75, 3.05) is 13.2 Å². The van der Waals surface area contributed by atoms with E-state index in [-0.39, 0.29) is 18.3 Å². The SMILES string of the molecule is CCOC(=O)/C=C/COc1cc2ccc(O)cc2cc1Br. The zero-order valence-electron chi connectivity index (χ0n) is 11.5. The van der Waals surface area contributed by atoms with Gasteiger partial charge < -0.3 is 14.6 Å². The summed E-state index contributed by atoms with van der Waals surface area (Å²) < 4.78 is 11.2. The lowest BCUT2D eigenvalue weighted by atomic mass is 10.1. The largest absolute Gasteiger partial charge is 0.508 e. The minimum atomic E-state index is -0.380. The molecule has 0 fully saturated rings. The van der Waals surface area contributed by atoms with Crippen LogP contribution >= 0.6 is 15.9 Å². The molecule has 2 rings (SSSR count). The van der Waals surface area contributed by atoms with Crippen molar-refractivity contribution in [2.45, 2.75) is 6.92 Å². The molecule has 0 spiro atoms. The molecule has 0 saturated carbocycles. The average molecular weight is 351 g/mol. The van der Waals surface area contributed by atoms with Crippen LogP contribution in [0.1, 0.15) is 6.92 Å². The first-order valence-corrected chi connectivity index (χ1v) is 7.28. The van der Waals surface area contributed by atoms with Gasteiger partial charge in [-0.05, 0) is 64.0 Å². The van der Waals surface area contributed by atoms with E-state index < -0.39 is 0 Å². The van der Waals surface area contributed by atoms with E-state index in [1.165, 1.54) is 6.08 Å². The molecule has 0 aliphatic carbocycles. The lowest BCUT2D eigenvalue weighted by Gasteiger charge is -2.08. The zero-order chi connectivity index (χ0) is 15.2. The number of ether oxygens (including phenoxy) is 2. The molecule has 0 atom stereocenters. The van der Waals surface area contributed by atoms with Gasteiger partial charge in [-0.2, -0.15) is 0 Å². The molecule has 0 saturated heterocycles. The fraction of sp³-hybridized carbons (Fsp3) is 0.188. The maximum Gasteiger partial charge on any atom is 0.330 e. The molecule has 0 unspecified atom stereocenters. The first-order chi connectivity index (χ1) is 10.1. The van der Waals surface area contributed by atoms with E-state index in [4.69, 9.17) is 9.47 Å². The van der Waals surface area contributed by atoms with Crippen molar-refractivity contribution < 1.29 is 19.4 Å². The van der Waals surface area contributed by atoms with Gasteiger partial charge in [0.15, 0.2) is 0 Å². The molecule has 0 aromatic heterocycles. The van der Waals surface area contributed by atoms with Crippen LogP contribution in [0.4, 0.5) is 0 Å². The second kappa shape index (κ2) is 7.13. The summed E-state index contributed by atoms with van der Waals surface area (Å²) in [5.74, 6) is 0.510. The van der Waals surface area contributed by atoms with Crippen molar-refractivity contribution in [3.63, 3.8) is 0 Å². The van der Waals surface area contributed by atoms with E-state index in [0.717, 1.165) is 15.2 Å². The fourth-order valence-corrected chi connectivity index (χ4v) is 2.30. The lowest BCUT2D eigenvalue weighted by Crippen LogP contribution is -2.01. The standard InChI is InChI=1S/C16H15BrO4/c1-2-20-16(19)4-3-7-21-15-10-11-5-6-13(18)8-12(11)9-14(15)17/h3-6,8-10,18H,2,7H2,1H3/b4-3+. The molecule has 1 N–H and O–H groups in total. The second-order valence-electron chi connectivity index (χ2n) is 4.28. The summed E-state index contributed by atoms with van der Waals surface area (Å²) in [6.07, 6.45) is 2.95. The summed E-state index contributed by atoms with van der Waals surface area (Å²) >= 11 is 3.43. The molecule has 0 aliphatic heterocycles. The van der Waals surface area contributed by atoms with Gasteiger partial charge in [0, 0.05) is 6.08 Å². The Hall–Kier alpha value is -2.01. The van der Waals surface area contributed by atoms with Gasteiger partial charge in [-0.15, -0.1) is 0 Å². The lowest BCUT2D eigenvalue weighted by molar-refractivity contribution is -0.137. The van der Waals surface area contributed by atoms with Crippen LogP contribution < -0.4 is 4.74 Å². The molecule has 4 nitrogen and oxygen atoms in total. The van der Waals surface area contributed by atoms with Crippen molar-refractivity contribution in [2.24, 2.45) is 0 Å². The van der Waals surface area contributed by atoms with E-state index in [0.29, 0.717) is 12.4 Å². The molecule has 21 heavy (non-hydrogen) atoms. The summed E-state index contributed by atoms with van der Waals surface area (Å²) in [7, 11) is 0. The third-order valence-corrected chi connectivity index (χ3v) is 3.37. The quantitative estimate of drug-likeness (QED) is 0.658. The van der Waals surface area contributed by atoms with Crippen molar-refractivity contribution >= 4 is 32.7 Å². The molecule has 5 heteroatoms. The molecule has 110 valence electrons.